The largest absolute Gasteiger partial charge is 0.351 e. The van der Waals surface area contributed by atoms with Crippen molar-refractivity contribution in [2.24, 2.45) is 0 Å². The highest BCUT2D eigenvalue weighted by atomic mass is 31.0. The standard InChI is InChI=1S/C19H24NP/c1-6-20(21)19(17-9-7-13(2)11-15(17)4)18-10-8-14(3)12-16(18)5/h6-12,19H,1,21H2,2-5H3. The summed E-state index contributed by atoms with van der Waals surface area (Å²) in [5.74, 6) is 0. The Hall–Kier alpha value is -1.59. The Bertz CT molecular complexity index is 609. The van der Waals surface area contributed by atoms with Crippen LogP contribution in [-0.4, -0.2) is 4.67 Å². The maximum atomic E-state index is 3.93. The van der Waals surface area contributed by atoms with Crippen molar-refractivity contribution in [2.75, 3.05) is 0 Å². The molecule has 0 fully saturated rings. The molecule has 2 heteroatoms. The maximum Gasteiger partial charge on any atom is 0.0825 e. The SMILES string of the molecule is C=CN(P)C(c1ccc(C)cc1C)c1ccc(C)cc1C. The van der Waals surface area contributed by atoms with Gasteiger partial charge in [0.15, 0.2) is 0 Å². The van der Waals surface area contributed by atoms with E-state index in [0.29, 0.717) is 0 Å². The summed E-state index contributed by atoms with van der Waals surface area (Å²) in [6, 6.07) is 13.5. The van der Waals surface area contributed by atoms with Gasteiger partial charge in [0.1, 0.15) is 0 Å². The molecule has 0 aromatic heterocycles. The van der Waals surface area contributed by atoms with Crippen molar-refractivity contribution in [2.45, 2.75) is 33.7 Å². The van der Waals surface area contributed by atoms with Crippen LogP contribution >= 0.6 is 9.39 Å². The first-order valence-corrected chi connectivity index (χ1v) is 7.75. The molecule has 1 nitrogen and oxygen atoms in total. The Morgan fingerprint density at radius 3 is 1.67 bits per heavy atom. The fraction of sp³-hybridized carbons (Fsp3) is 0.263. The summed E-state index contributed by atoms with van der Waals surface area (Å²) in [7, 11) is 2.78. The number of rotatable bonds is 4. The molecule has 2 aromatic rings. The van der Waals surface area contributed by atoms with Crippen molar-refractivity contribution in [1.82, 2.24) is 4.67 Å². The summed E-state index contributed by atoms with van der Waals surface area (Å²) < 4.78 is 2.11. The van der Waals surface area contributed by atoms with E-state index in [9.17, 15) is 0 Å². The molecule has 0 saturated heterocycles. The van der Waals surface area contributed by atoms with Crippen molar-refractivity contribution in [3.05, 3.63) is 82.6 Å². The van der Waals surface area contributed by atoms with E-state index in [2.05, 4.69) is 84.7 Å². The van der Waals surface area contributed by atoms with Gasteiger partial charge in [-0.3, -0.25) is 0 Å². The summed E-state index contributed by atoms with van der Waals surface area (Å²) >= 11 is 0. The predicted molar refractivity (Wildman–Crippen MR) is 95.4 cm³/mol. The normalized spacial score (nSPS) is 10.8. The van der Waals surface area contributed by atoms with Gasteiger partial charge in [0.05, 0.1) is 6.04 Å². The number of hydrogen-bond acceptors (Lipinski definition) is 1. The van der Waals surface area contributed by atoms with E-state index >= 15 is 0 Å². The number of nitrogens with zero attached hydrogens (tertiary/aromatic N) is 1. The molecule has 0 heterocycles. The van der Waals surface area contributed by atoms with Crippen LogP contribution in [0.25, 0.3) is 0 Å². The molecule has 1 unspecified atom stereocenters. The van der Waals surface area contributed by atoms with Gasteiger partial charge in [0.2, 0.25) is 0 Å². The lowest BCUT2D eigenvalue weighted by atomic mass is 9.90. The zero-order chi connectivity index (χ0) is 15.6. The first-order chi connectivity index (χ1) is 9.93. The molecule has 110 valence electrons. The third-order valence-corrected chi connectivity index (χ3v) is 4.46. The molecule has 0 aliphatic carbocycles. The first-order valence-electron chi connectivity index (χ1n) is 7.24. The second-order valence-electron chi connectivity index (χ2n) is 5.75. The van der Waals surface area contributed by atoms with Crippen LogP contribution in [0.4, 0.5) is 0 Å². The highest BCUT2D eigenvalue weighted by Gasteiger charge is 2.20. The average Bonchev–Trinajstić information content (AvgIpc) is 2.43. The second-order valence-corrected chi connectivity index (χ2v) is 6.35. The summed E-state index contributed by atoms with van der Waals surface area (Å²) in [5, 5.41) is 0. The molecule has 0 spiro atoms. The van der Waals surface area contributed by atoms with Gasteiger partial charge in [-0.25, -0.2) is 0 Å². The van der Waals surface area contributed by atoms with Gasteiger partial charge in [0.25, 0.3) is 0 Å². The quantitative estimate of drug-likeness (QED) is 0.697. The van der Waals surface area contributed by atoms with Gasteiger partial charge in [-0.05, 0) is 65.5 Å². The molecule has 0 saturated carbocycles. The summed E-state index contributed by atoms with van der Waals surface area (Å²) in [6.45, 7) is 12.6. The molecule has 0 aliphatic rings. The highest BCUT2D eigenvalue weighted by Crippen LogP contribution is 2.35. The zero-order valence-electron chi connectivity index (χ0n) is 13.4. The fourth-order valence-corrected chi connectivity index (χ4v) is 3.18. The van der Waals surface area contributed by atoms with E-state index in [-0.39, 0.29) is 6.04 Å². The average molecular weight is 297 g/mol. The second kappa shape index (κ2) is 6.45. The molecule has 0 amide bonds. The van der Waals surface area contributed by atoms with Crippen molar-refractivity contribution >= 4 is 9.39 Å². The van der Waals surface area contributed by atoms with Gasteiger partial charge < -0.3 is 4.67 Å². The molecule has 0 N–H and O–H groups in total. The highest BCUT2D eigenvalue weighted by molar-refractivity contribution is 7.13. The maximum absolute atomic E-state index is 3.93. The van der Waals surface area contributed by atoms with Crippen LogP contribution in [-0.2, 0) is 0 Å². The minimum absolute atomic E-state index is 0.175. The molecule has 0 aliphatic heterocycles. The summed E-state index contributed by atoms with van der Waals surface area (Å²) in [4.78, 5) is 0. The monoisotopic (exact) mass is 297 g/mol. The minimum atomic E-state index is 0.175. The van der Waals surface area contributed by atoms with E-state index in [1.54, 1.807) is 0 Å². The lowest BCUT2D eigenvalue weighted by Crippen LogP contribution is -2.17. The van der Waals surface area contributed by atoms with Gasteiger partial charge in [-0.15, -0.1) is 0 Å². The molecule has 0 radical (unpaired) electrons. The number of hydrogen-bond donors (Lipinski definition) is 0. The van der Waals surface area contributed by atoms with Crippen molar-refractivity contribution in [1.29, 1.82) is 0 Å². The molecule has 2 aromatic carbocycles. The topological polar surface area (TPSA) is 3.24 Å². The lowest BCUT2D eigenvalue weighted by Gasteiger charge is -2.30. The van der Waals surface area contributed by atoms with Crippen LogP contribution in [0.2, 0.25) is 0 Å². The van der Waals surface area contributed by atoms with E-state index in [4.69, 9.17) is 0 Å². The third kappa shape index (κ3) is 3.36. The zero-order valence-corrected chi connectivity index (χ0v) is 14.5. The molecule has 1 atom stereocenters. The van der Waals surface area contributed by atoms with Crippen molar-refractivity contribution in [3.8, 4) is 0 Å². The molecule has 21 heavy (non-hydrogen) atoms. The fourth-order valence-electron chi connectivity index (χ4n) is 2.86. The smallest absolute Gasteiger partial charge is 0.0825 e. The minimum Gasteiger partial charge on any atom is -0.351 e. The van der Waals surface area contributed by atoms with E-state index in [0.717, 1.165) is 0 Å². The van der Waals surface area contributed by atoms with Crippen LogP contribution in [0.5, 0.6) is 0 Å². The van der Waals surface area contributed by atoms with Gasteiger partial charge in [-0.1, -0.05) is 54.1 Å². The van der Waals surface area contributed by atoms with Gasteiger partial charge >= 0.3 is 0 Å². The van der Waals surface area contributed by atoms with Gasteiger partial charge in [0, 0.05) is 0 Å². The molecule has 2 rings (SSSR count). The lowest BCUT2D eigenvalue weighted by molar-refractivity contribution is 0.521. The van der Waals surface area contributed by atoms with Crippen molar-refractivity contribution < 1.29 is 0 Å². The van der Waals surface area contributed by atoms with Crippen LogP contribution in [0.3, 0.4) is 0 Å². The predicted octanol–water partition coefficient (Wildman–Crippen LogP) is 5.25. The third-order valence-electron chi connectivity index (χ3n) is 3.95. The summed E-state index contributed by atoms with van der Waals surface area (Å²) in [6.07, 6.45) is 1.87. The van der Waals surface area contributed by atoms with Crippen LogP contribution in [0.1, 0.15) is 39.4 Å². The van der Waals surface area contributed by atoms with Crippen LogP contribution in [0.15, 0.2) is 49.2 Å². The summed E-state index contributed by atoms with van der Waals surface area (Å²) in [5.41, 5.74) is 7.86. The Morgan fingerprint density at radius 2 is 1.33 bits per heavy atom. The first kappa shape index (κ1) is 15.8. The Morgan fingerprint density at radius 1 is 0.905 bits per heavy atom. The van der Waals surface area contributed by atoms with Crippen LogP contribution in [0, 0.1) is 27.7 Å². The Labute approximate surface area is 130 Å². The molecular formula is C19H24NP. The number of aryl methyl sites for hydroxylation is 4. The van der Waals surface area contributed by atoms with Gasteiger partial charge in [-0.2, -0.15) is 0 Å². The Kier molecular flexibility index (Phi) is 4.85. The molecule has 0 bridgehead atoms. The van der Waals surface area contributed by atoms with E-state index in [1.807, 2.05) is 6.20 Å². The number of benzene rings is 2. The Balaban J connectivity index is 2.60. The molecular weight excluding hydrogens is 273 g/mol. The van der Waals surface area contributed by atoms with Crippen molar-refractivity contribution in [3.63, 3.8) is 0 Å². The van der Waals surface area contributed by atoms with E-state index < -0.39 is 0 Å². The van der Waals surface area contributed by atoms with Crippen LogP contribution < -0.4 is 0 Å². The van der Waals surface area contributed by atoms with E-state index in [1.165, 1.54) is 33.4 Å².